The third-order valence-corrected chi connectivity index (χ3v) is 4.72. The Morgan fingerprint density at radius 1 is 1.14 bits per heavy atom. The zero-order chi connectivity index (χ0) is 19.5. The Bertz CT molecular complexity index is 1020. The maximum Gasteiger partial charge on any atom is 0.227 e. The van der Waals surface area contributed by atoms with Crippen LogP contribution in [0.5, 0.6) is 0 Å². The van der Waals surface area contributed by atoms with Crippen molar-refractivity contribution in [2.45, 2.75) is 6.54 Å². The number of halogens is 1. The fraction of sp³-hybridized carbons (Fsp3) is 0.263. The molecule has 9 heteroatoms. The number of hydrogen-bond acceptors (Lipinski definition) is 7. The van der Waals surface area contributed by atoms with Gasteiger partial charge in [0, 0.05) is 44.5 Å². The highest BCUT2D eigenvalue weighted by atomic mass is 19.1. The van der Waals surface area contributed by atoms with Crippen LogP contribution in [-0.2, 0) is 6.54 Å². The first-order valence-electron chi connectivity index (χ1n) is 8.92. The van der Waals surface area contributed by atoms with Crippen LogP contribution in [0, 0.1) is 17.1 Å². The quantitative estimate of drug-likeness (QED) is 0.736. The molecule has 0 spiro atoms. The van der Waals surface area contributed by atoms with E-state index in [1.807, 2.05) is 12.3 Å². The second-order valence-electron chi connectivity index (χ2n) is 6.59. The van der Waals surface area contributed by atoms with Gasteiger partial charge in [-0.15, -0.1) is 0 Å². The van der Waals surface area contributed by atoms with Gasteiger partial charge in [-0.1, -0.05) is 12.1 Å². The van der Waals surface area contributed by atoms with Crippen molar-refractivity contribution in [1.82, 2.24) is 24.6 Å². The highest BCUT2D eigenvalue weighted by Crippen LogP contribution is 2.17. The van der Waals surface area contributed by atoms with Gasteiger partial charge >= 0.3 is 0 Å². The molecule has 4 rings (SSSR count). The summed E-state index contributed by atoms with van der Waals surface area (Å²) in [7, 11) is 0. The van der Waals surface area contributed by atoms with E-state index in [4.69, 9.17) is 11.0 Å². The summed E-state index contributed by atoms with van der Waals surface area (Å²) in [4.78, 5) is 12.8. The molecule has 2 N–H and O–H groups in total. The zero-order valence-electron chi connectivity index (χ0n) is 15.2. The molecule has 1 saturated heterocycles. The van der Waals surface area contributed by atoms with Gasteiger partial charge in [-0.3, -0.25) is 4.90 Å². The van der Waals surface area contributed by atoms with Gasteiger partial charge in [-0.2, -0.15) is 15.3 Å². The van der Waals surface area contributed by atoms with Crippen LogP contribution in [0.2, 0.25) is 0 Å². The summed E-state index contributed by atoms with van der Waals surface area (Å²) in [6, 6.07) is 8.55. The Morgan fingerprint density at radius 3 is 2.64 bits per heavy atom. The number of para-hydroxylation sites is 1. The van der Waals surface area contributed by atoms with Crippen LogP contribution >= 0.6 is 0 Å². The number of nitrogens with two attached hydrogens (primary N) is 1. The first-order valence-corrected chi connectivity index (χ1v) is 8.92. The smallest absolute Gasteiger partial charge is 0.227 e. The molecule has 1 aliphatic heterocycles. The number of aromatic nitrogens is 4. The summed E-state index contributed by atoms with van der Waals surface area (Å²) in [5.74, 6) is 0.450. The first-order chi connectivity index (χ1) is 13.6. The monoisotopic (exact) mass is 378 g/mol. The fourth-order valence-corrected chi connectivity index (χ4v) is 3.20. The van der Waals surface area contributed by atoms with Crippen molar-refractivity contribution in [1.29, 1.82) is 5.26 Å². The van der Waals surface area contributed by atoms with E-state index in [0.717, 1.165) is 38.3 Å². The maximum absolute atomic E-state index is 13.9. The van der Waals surface area contributed by atoms with E-state index in [0.29, 0.717) is 11.6 Å². The van der Waals surface area contributed by atoms with E-state index in [1.54, 1.807) is 29.1 Å². The first kappa shape index (κ1) is 17.9. The van der Waals surface area contributed by atoms with Gasteiger partial charge in [0.15, 0.2) is 0 Å². The Morgan fingerprint density at radius 2 is 1.93 bits per heavy atom. The van der Waals surface area contributed by atoms with Gasteiger partial charge in [0.2, 0.25) is 5.95 Å². The molecule has 142 valence electrons. The fourth-order valence-electron chi connectivity index (χ4n) is 3.20. The molecule has 3 aromatic rings. The SMILES string of the molecule is N#Cc1cnc(N2CCN(Cc3cnn(-c4ccccc4F)c3)CC2)nc1N. The van der Waals surface area contributed by atoms with Crippen LogP contribution in [0.1, 0.15) is 11.1 Å². The number of piperazine rings is 1. The lowest BCUT2D eigenvalue weighted by Crippen LogP contribution is -2.46. The number of rotatable bonds is 4. The number of nitrogen functional groups attached to an aromatic ring is 1. The van der Waals surface area contributed by atoms with E-state index < -0.39 is 0 Å². The standard InChI is InChI=1S/C19H19FN8/c20-16-3-1-2-4-17(16)28-13-14(10-24-28)12-26-5-7-27(8-6-26)19-23-11-15(9-21)18(22)25-19/h1-4,10-11,13H,5-8,12H2,(H2,22,23,25). The molecule has 0 radical (unpaired) electrons. The molecule has 0 amide bonds. The molecule has 8 nitrogen and oxygen atoms in total. The van der Waals surface area contributed by atoms with Gasteiger partial charge in [0.25, 0.3) is 0 Å². The summed E-state index contributed by atoms with van der Waals surface area (Å²) in [5.41, 5.74) is 7.53. The number of hydrogen-bond donors (Lipinski definition) is 1. The Balaban J connectivity index is 1.37. The third-order valence-electron chi connectivity index (χ3n) is 4.72. The Kier molecular flexibility index (Phi) is 4.87. The van der Waals surface area contributed by atoms with E-state index in [2.05, 4.69) is 24.9 Å². The van der Waals surface area contributed by atoms with E-state index in [-0.39, 0.29) is 17.2 Å². The number of nitriles is 1. The lowest BCUT2D eigenvalue weighted by molar-refractivity contribution is 0.248. The molecule has 1 aromatic carbocycles. The van der Waals surface area contributed by atoms with Crippen molar-refractivity contribution in [3.05, 3.63) is 59.8 Å². The van der Waals surface area contributed by atoms with Gasteiger partial charge in [-0.25, -0.2) is 14.1 Å². The topological polar surface area (TPSA) is 99.9 Å². The molecular weight excluding hydrogens is 359 g/mol. The summed E-state index contributed by atoms with van der Waals surface area (Å²) < 4.78 is 15.5. The van der Waals surface area contributed by atoms with E-state index in [9.17, 15) is 4.39 Å². The number of nitrogens with zero attached hydrogens (tertiary/aromatic N) is 7. The van der Waals surface area contributed by atoms with E-state index in [1.165, 1.54) is 12.3 Å². The molecule has 0 unspecified atom stereocenters. The second-order valence-corrected chi connectivity index (χ2v) is 6.59. The van der Waals surface area contributed by atoms with Gasteiger partial charge in [0.05, 0.1) is 12.4 Å². The van der Waals surface area contributed by atoms with Crippen molar-refractivity contribution in [3.8, 4) is 11.8 Å². The Hall–Kier alpha value is -3.51. The Labute approximate surface area is 161 Å². The lowest BCUT2D eigenvalue weighted by atomic mass is 10.2. The van der Waals surface area contributed by atoms with Crippen LogP contribution in [-0.4, -0.2) is 50.8 Å². The molecule has 0 aliphatic carbocycles. The second kappa shape index (κ2) is 7.62. The summed E-state index contributed by atoms with van der Waals surface area (Å²) in [6.07, 6.45) is 5.08. The van der Waals surface area contributed by atoms with E-state index >= 15 is 0 Å². The van der Waals surface area contributed by atoms with Crippen molar-refractivity contribution in [3.63, 3.8) is 0 Å². The minimum Gasteiger partial charge on any atom is -0.382 e. The molecular formula is C19H19FN8. The van der Waals surface area contributed by atoms with Crippen LogP contribution < -0.4 is 10.6 Å². The minimum atomic E-state index is -0.299. The molecule has 0 saturated carbocycles. The van der Waals surface area contributed by atoms with Crippen LogP contribution in [0.3, 0.4) is 0 Å². The largest absolute Gasteiger partial charge is 0.382 e. The molecule has 1 aliphatic rings. The predicted molar refractivity (Wildman–Crippen MR) is 102 cm³/mol. The summed E-state index contributed by atoms with van der Waals surface area (Å²) in [5, 5.41) is 13.2. The van der Waals surface area contributed by atoms with Gasteiger partial charge in [0.1, 0.15) is 29.0 Å². The molecule has 0 atom stereocenters. The van der Waals surface area contributed by atoms with Crippen molar-refractivity contribution < 1.29 is 4.39 Å². The van der Waals surface area contributed by atoms with Crippen LogP contribution in [0.15, 0.2) is 42.9 Å². The minimum absolute atomic E-state index is 0.204. The van der Waals surface area contributed by atoms with Crippen molar-refractivity contribution >= 4 is 11.8 Å². The lowest BCUT2D eigenvalue weighted by Gasteiger charge is -2.34. The average Bonchev–Trinajstić information content (AvgIpc) is 3.17. The number of anilines is 2. The third kappa shape index (κ3) is 3.63. The summed E-state index contributed by atoms with van der Waals surface area (Å²) in [6.45, 7) is 3.90. The average molecular weight is 378 g/mol. The molecule has 2 aromatic heterocycles. The van der Waals surface area contributed by atoms with Crippen LogP contribution in [0.4, 0.5) is 16.2 Å². The predicted octanol–water partition coefficient (Wildman–Crippen LogP) is 1.58. The highest BCUT2D eigenvalue weighted by molar-refractivity contribution is 5.50. The molecule has 0 bridgehead atoms. The van der Waals surface area contributed by atoms with Crippen LogP contribution in [0.25, 0.3) is 5.69 Å². The molecule has 1 fully saturated rings. The zero-order valence-corrected chi connectivity index (χ0v) is 15.2. The van der Waals surface area contributed by atoms with Gasteiger partial charge in [-0.05, 0) is 12.1 Å². The summed E-state index contributed by atoms with van der Waals surface area (Å²) >= 11 is 0. The number of benzene rings is 1. The maximum atomic E-state index is 13.9. The normalized spacial score (nSPS) is 14.8. The molecule has 28 heavy (non-hydrogen) atoms. The van der Waals surface area contributed by atoms with Gasteiger partial charge < -0.3 is 10.6 Å². The highest BCUT2D eigenvalue weighted by Gasteiger charge is 2.20. The van der Waals surface area contributed by atoms with Crippen molar-refractivity contribution in [2.75, 3.05) is 36.8 Å². The molecule has 3 heterocycles. The van der Waals surface area contributed by atoms with Crippen molar-refractivity contribution in [2.24, 2.45) is 0 Å².